The Bertz CT molecular complexity index is 510. The molecule has 0 aliphatic heterocycles. The fourth-order valence-electron chi connectivity index (χ4n) is 1.56. The summed E-state index contributed by atoms with van der Waals surface area (Å²) in [5.41, 5.74) is 0. The van der Waals surface area contributed by atoms with Crippen molar-refractivity contribution in [1.29, 1.82) is 0 Å². The molecule has 7 heteroatoms. The summed E-state index contributed by atoms with van der Waals surface area (Å²) in [6, 6.07) is 4.28. The number of benzene rings is 1. The molecule has 0 atom stereocenters. The van der Waals surface area contributed by atoms with Crippen LogP contribution in [0.25, 0.3) is 0 Å². The largest absolute Gasteiger partial charge is 0.481 e. The van der Waals surface area contributed by atoms with Gasteiger partial charge in [-0.2, -0.15) is 0 Å². The highest BCUT2D eigenvalue weighted by Crippen LogP contribution is 2.21. The third kappa shape index (κ3) is 5.71. The monoisotopic (exact) mass is 361 g/mol. The van der Waals surface area contributed by atoms with Gasteiger partial charge in [0.25, 0.3) is 5.91 Å². The second-order valence-electron chi connectivity index (χ2n) is 4.08. The van der Waals surface area contributed by atoms with Crippen molar-refractivity contribution in [2.75, 3.05) is 26.3 Å². The molecule has 1 rings (SSSR count). The quantitative estimate of drug-likeness (QED) is 0.699. The van der Waals surface area contributed by atoms with Gasteiger partial charge in [-0.3, -0.25) is 9.59 Å². The van der Waals surface area contributed by atoms with Gasteiger partial charge in [0.15, 0.2) is 18.2 Å². The summed E-state index contributed by atoms with van der Waals surface area (Å²) in [5.74, 6) is -1.47. The Kier molecular flexibility index (Phi) is 7.14. The van der Waals surface area contributed by atoms with Crippen molar-refractivity contribution < 1.29 is 23.5 Å². The highest BCUT2D eigenvalue weighted by atomic mass is 79.9. The molecule has 0 radical (unpaired) electrons. The van der Waals surface area contributed by atoms with Gasteiger partial charge in [0.1, 0.15) is 6.54 Å². The van der Waals surface area contributed by atoms with Gasteiger partial charge >= 0.3 is 5.97 Å². The first-order chi connectivity index (χ1) is 9.97. The van der Waals surface area contributed by atoms with E-state index in [0.29, 0.717) is 11.0 Å². The maximum Gasteiger partial charge on any atom is 0.325 e. The van der Waals surface area contributed by atoms with Gasteiger partial charge in [-0.05, 0) is 32.0 Å². The average molecular weight is 362 g/mol. The summed E-state index contributed by atoms with van der Waals surface area (Å²) in [5, 5.41) is 0. The van der Waals surface area contributed by atoms with Crippen LogP contribution in [-0.2, 0) is 14.3 Å². The average Bonchev–Trinajstić information content (AvgIpc) is 2.43. The lowest BCUT2D eigenvalue weighted by Crippen LogP contribution is -2.39. The lowest BCUT2D eigenvalue weighted by atomic mass is 10.3. The van der Waals surface area contributed by atoms with Crippen LogP contribution in [0.4, 0.5) is 4.39 Å². The normalized spacial score (nSPS) is 10.1. The number of carbonyl (C=O) groups is 2. The molecule has 0 aromatic heterocycles. The Hall–Kier alpha value is -1.63. The molecule has 1 amide bonds. The van der Waals surface area contributed by atoms with E-state index in [1.165, 1.54) is 17.0 Å². The van der Waals surface area contributed by atoms with Crippen molar-refractivity contribution >= 4 is 27.8 Å². The van der Waals surface area contributed by atoms with Crippen LogP contribution < -0.4 is 4.74 Å². The molecule has 21 heavy (non-hydrogen) atoms. The number of carbonyl (C=O) groups excluding carboxylic acids is 2. The standard InChI is InChI=1S/C14H17BrFNO4/c1-3-17(8-14(19)20-4-2)13(18)9-21-12-6-5-10(15)7-11(12)16/h5-7H,3-4,8-9H2,1-2H3. The van der Waals surface area contributed by atoms with E-state index >= 15 is 0 Å². The Balaban J connectivity index is 2.56. The van der Waals surface area contributed by atoms with E-state index in [2.05, 4.69) is 15.9 Å². The van der Waals surface area contributed by atoms with E-state index in [0.717, 1.165) is 0 Å². The summed E-state index contributed by atoms with van der Waals surface area (Å²) in [4.78, 5) is 24.6. The molecule has 5 nitrogen and oxygen atoms in total. The molecule has 0 saturated heterocycles. The second-order valence-corrected chi connectivity index (χ2v) is 4.99. The van der Waals surface area contributed by atoms with Crippen molar-refractivity contribution in [3.8, 4) is 5.75 Å². The fraction of sp³-hybridized carbons (Fsp3) is 0.429. The predicted molar refractivity (Wildman–Crippen MR) is 78.5 cm³/mol. The molecule has 0 aliphatic carbocycles. The summed E-state index contributed by atoms with van der Waals surface area (Å²) < 4.78 is 24.0. The van der Waals surface area contributed by atoms with Crippen molar-refractivity contribution in [3.05, 3.63) is 28.5 Å². The summed E-state index contributed by atoms with van der Waals surface area (Å²) in [7, 11) is 0. The van der Waals surface area contributed by atoms with Gasteiger partial charge in [-0.1, -0.05) is 15.9 Å². The maximum atomic E-state index is 13.5. The zero-order valence-electron chi connectivity index (χ0n) is 11.9. The first kappa shape index (κ1) is 17.4. The molecule has 116 valence electrons. The molecule has 1 aromatic carbocycles. The number of halogens is 2. The van der Waals surface area contributed by atoms with Crippen LogP contribution in [0, 0.1) is 5.82 Å². The number of hydrogen-bond donors (Lipinski definition) is 0. The van der Waals surface area contributed by atoms with E-state index in [1.54, 1.807) is 19.9 Å². The van der Waals surface area contributed by atoms with Crippen LogP contribution in [0.3, 0.4) is 0 Å². The SMILES string of the molecule is CCOC(=O)CN(CC)C(=O)COc1ccc(Br)cc1F. The first-order valence-electron chi connectivity index (χ1n) is 6.49. The molecule has 0 N–H and O–H groups in total. The molecule has 0 fully saturated rings. The van der Waals surface area contributed by atoms with Crippen LogP contribution >= 0.6 is 15.9 Å². The molecule has 0 spiro atoms. The Morgan fingerprint density at radius 3 is 2.62 bits per heavy atom. The van der Waals surface area contributed by atoms with Gasteiger partial charge in [0.05, 0.1) is 6.61 Å². The zero-order chi connectivity index (χ0) is 15.8. The number of rotatable bonds is 7. The van der Waals surface area contributed by atoms with Crippen LogP contribution in [0.2, 0.25) is 0 Å². The lowest BCUT2D eigenvalue weighted by Gasteiger charge is -2.19. The highest BCUT2D eigenvalue weighted by Gasteiger charge is 2.17. The predicted octanol–water partition coefficient (Wildman–Crippen LogP) is 2.38. The van der Waals surface area contributed by atoms with Crippen LogP contribution in [0.1, 0.15) is 13.8 Å². The molecule has 0 aliphatic rings. The summed E-state index contributed by atoms with van der Waals surface area (Å²) in [6.45, 7) is 3.53. The lowest BCUT2D eigenvalue weighted by molar-refractivity contribution is -0.149. The third-order valence-corrected chi connectivity index (χ3v) is 3.10. The van der Waals surface area contributed by atoms with Crippen LogP contribution in [0.15, 0.2) is 22.7 Å². The smallest absolute Gasteiger partial charge is 0.325 e. The number of esters is 1. The van der Waals surface area contributed by atoms with Crippen molar-refractivity contribution in [2.45, 2.75) is 13.8 Å². The Labute approximate surface area is 131 Å². The van der Waals surface area contributed by atoms with E-state index in [1.807, 2.05) is 0 Å². The minimum absolute atomic E-state index is 0.0151. The Morgan fingerprint density at radius 1 is 1.33 bits per heavy atom. The van der Waals surface area contributed by atoms with E-state index in [-0.39, 0.29) is 25.5 Å². The molecule has 0 unspecified atom stereocenters. The van der Waals surface area contributed by atoms with Crippen molar-refractivity contribution in [2.24, 2.45) is 0 Å². The topological polar surface area (TPSA) is 55.8 Å². The van der Waals surface area contributed by atoms with Crippen LogP contribution in [0.5, 0.6) is 5.75 Å². The van der Waals surface area contributed by atoms with E-state index < -0.39 is 17.7 Å². The molecular weight excluding hydrogens is 345 g/mol. The van der Waals surface area contributed by atoms with E-state index in [9.17, 15) is 14.0 Å². The number of amides is 1. The number of likely N-dealkylation sites (N-methyl/N-ethyl adjacent to an activating group) is 1. The number of hydrogen-bond acceptors (Lipinski definition) is 4. The number of nitrogens with zero attached hydrogens (tertiary/aromatic N) is 1. The van der Waals surface area contributed by atoms with Crippen molar-refractivity contribution in [3.63, 3.8) is 0 Å². The maximum absolute atomic E-state index is 13.5. The van der Waals surface area contributed by atoms with Gasteiger partial charge in [0.2, 0.25) is 0 Å². The first-order valence-corrected chi connectivity index (χ1v) is 7.28. The number of ether oxygens (including phenoxy) is 2. The molecule has 0 saturated carbocycles. The second kappa shape index (κ2) is 8.61. The minimum atomic E-state index is -0.564. The molecular formula is C14H17BrFNO4. The third-order valence-electron chi connectivity index (χ3n) is 2.60. The summed E-state index contributed by atoms with van der Waals surface area (Å²) >= 11 is 3.13. The highest BCUT2D eigenvalue weighted by molar-refractivity contribution is 9.10. The van der Waals surface area contributed by atoms with Gasteiger partial charge in [-0.25, -0.2) is 4.39 Å². The van der Waals surface area contributed by atoms with Gasteiger partial charge in [0, 0.05) is 11.0 Å². The van der Waals surface area contributed by atoms with Gasteiger partial charge in [-0.15, -0.1) is 0 Å². The zero-order valence-corrected chi connectivity index (χ0v) is 13.5. The Morgan fingerprint density at radius 2 is 2.05 bits per heavy atom. The summed E-state index contributed by atoms with van der Waals surface area (Å²) in [6.07, 6.45) is 0. The fourth-order valence-corrected chi connectivity index (χ4v) is 1.89. The van der Waals surface area contributed by atoms with E-state index in [4.69, 9.17) is 9.47 Å². The van der Waals surface area contributed by atoms with Gasteiger partial charge < -0.3 is 14.4 Å². The molecule has 0 heterocycles. The molecule has 1 aromatic rings. The minimum Gasteiger partial charge on any atom is -0.481 e. The van der Waals surface area contributed by atoms with Crippen LogP contribution in [-0.4, -0.2) is 43.1 Å². The van der Waals surface area contributed by atoms with Crippen molar-refractivity contribution in [1.82, 2.24) is 4.90 Å². The molecule has 0 bridgehead atoms.